The van der Waals surface area contributed by atoms with Crippen LogP contribution >= 0.6 is 0 Å². The minimum Gasteiger partial charge on any atom is -0.497 e. The summed E-state index contributed by atoms with van der Waals surface area (Å²) in [7, 11) is 5.06. The molecule has 0 radical (unpaired) electrons. The van der Waals surface area contributed by atoms with Gasteiger partial charge in [-0.2, -0.15) is 0 Å². The Morgan fingerprint density at radius 1 is 1.15 bits per heavy atom. The predicted molar refractivity (Wildman–Crippen MR) is 80.6 cm³/mol. The Hall–Kier alpha value is -1.30. The quantitative estimate of drug-likeness (QED) is 0.636. The molecular formula is C15H26N2O3. The largest absolute Gasteiger partial charge is 0.497 e. The predicted octanol–water partition coefficient (Wildman–Crippen LogP) is 1.42. The van der Waals surface area contributed by atoms with Crippen LogP contribution in [0.15, 0.2) is 18.2 Å². The Balaban J connectivity index is 2.43. The summed E-state index contributed by atoms with van der Waals surface area (Å²) in [4.78, 5) is 0. The van der Waals surface area contributed by atoms with E-state index in [2.05, 4.69) is 17.6 Å². The molecule has 0 aromatic heterocycles. The Morgan fingerprint density at radius 2 is 1.95 bits per heavy atom. The van der Waals surface area contributed by atoms with Gasteiger partial charge in [0, 0.05) is 38.3 Å². The Bertz CT molecular complexity index is 385. The number of rotatable bonds is 10. The second kappa shape index (κ2) is 9.58. The van der Waals surface area contributed by atoms with Crippen molar-refractivity contribution in [2.45, 2.75) is 19.5 Å². The zero-order valence-corrected chi connectivity index (χ0v) is 12.9. The van der Waals surface area contributed by atoms with Crippen molar-refractivity contribution < 1.29 is 14.2 Å². The minimum atomic E-state index is 0.364. The van der Waals surface area contributed by atoms with Crippen molar-refractivity contribution in [1.29, 1.82) is 0 Å². The summed E-state index contributed by atoms with van der Waals surface area (Å²) in [6, 6.07) is 6.19. The third-order valence-corrected chi connectivity index (χ3v) is 3.06. The van der Waals surface area contributed by atoms with Crippen LogP contribution in [0.2, 0.25) is 0 Å². The normalized spacial score (nSPS) is 12.2. The standard InChI is InChI=1S/C15H26N2O3/c1-12(10-16-7-8-18-2)17-11-13-9-14(19-3)5-6-15(13)20-4/h5-6,9,12,16-17H,7-8,10-11H2,1-4H3. The maximum Gasteiger partial charge on any atom is 0.123 e. The summed E-state index contributed by atoms with van der Waals surface area (Å²) in [5.74, 6) is 1.71. The smallest absolute Gasteiger partial charge is 0.123 e. The molecule has 1 rings (SSSR count). The lowest BCUT2D eigenvalue weighted by Crippen LogP contribution is -2.37. The van der Waals surface area contributed by atoms with E-state index in [1.165, 1.54) is 0 Å². The molecule has 0 fully saturated rings. The Morgan fingerprint density at radius 3 is 2.60 bits per heavy atom. The lowest BCUT2D eigenvalue weighted by atomic mass is 10.1. The van der Waals surface area contributed by atoms with Crippen LogP contribution in [-0.4, -0.2) is 47.1 Å². The maximum atomic E-state index is 5.36. The molecule has 0 aliphatic heterocycles. The molecule has 0 aliphatic rings. The third-order valence-electron chi connectivity index (χ3n) is 3.06. The molecule has 0 saturated carbocycles. The lowest BCUT2D eigenvalue weighted by Gasteiger charge is -2.16. The average molecular weight is 282 g/mol. The minimum absolute atomic E-state index is 0.364. The topological polar surface area (TPSA) is 51.8 Å². The van der Waals surface area contributed by atoms with Crippen LogP contribution in [0.5, 0.6) is 11.5 Å². The van der Waals surface area contributed by atoms with Gasteiger partial charge in [0.05, 0.1) is 20.8 Å². The zero-order valence-electron chi connectivity index (χ0n) is 12.9. The van der Waals surface area contributed by atoms with Gasteiger partial charge in [-0.1, -0.05) is 0 Å². The van der Waals surface area contributed by atoms with Gasteiger partial charge < -0.3 is 24.8 Å². The van der Waals surface area contributed by atoms with Crippen LogP contribution in [-0.2, 0) is 11.3 Å². The van der Waals surface area contributed by atoms with E-state index in [9.17, 15) is 0 Å². The second-order valence-electron chi connectivity index (χ2n) is 4.66. The first-order valence-corrected chi connectivity index (χ1v) is 6.85. The lowest BCUT2D eigenvalue weighted by molar-refractivity contribution is 0.198. The summed E-state index contributed by atoms with van der Waals surface area (Å²) >= 11 is 0. The molecule has 5 heteroatoms. The van der Waals surface area contributed by atoms with Crippen molar-refractivity contribution in [3.8, 4) is 11.5 Å². The Kier molecular flexibility index (Phi) is 8.02. The molecule has 1 atom stereocenters. The number of hydrogen-bond donors (Lipinski definition) is 2. The first kappa shape index (κ1) is 16.8. The van der Waals surface area contributed by atoms with Gasteiger partial charge in [-0.25, -0.2) is 0 Å². The van der Waals surface area contributed by atoms with Gasteiger partial charge in [0.15, 0.2) is 0 Å². The molecule has 1 aromatic carbocycles. The van der Waals surface area contributed by atoms with Crippen LogP contribution in [0.25, 0.3) is 0 Å². The molecule has 114 valence electrons. The molecule has 1 unspecified atom stereocenters. The van der Waals surface area contributed by atoms with Gasteiger partial charge in [-0.05, 0) is 25.1 Å². The molecule has 5 nitrogen and oxygen atoms in total. The second-order valence-corrected chi connectivity index (χ2v) is 4.66. The van der Waals surface area contributed by atoms with E-state index < -0.39 is 0 Å². The van der Waals surface area contributed by atoms with E-state index in [1.807, 2.05) is 18.2 Å². The van der Waals surface area contributed by atoms with Crippen molar-refractivity contribution in [3.63, 3.8) is 0 Å². The Labute approximate surface area is 121 Å². The van der Waals surface area contributed by atoms with E-state index in [0.717, 1.165) is 43.3 Å². The van der Waals surface area contributed by atoms with E-state index in [0.29, 0.717) is 6.04 Å². The van der Waals surface area contributed by atoms with Gasteiger partial charge in [0.2, 0.25) is 0 Å². The van der Waals surface area contributed by atoms with Crippen LogP contribution < -0.4 is 20.1 Å². The molecule has 0 aliphatic carbocycles. The van der Waals surface area contributed by atoms with Crippen molar-refractivity contribution in [2.75, 3.05) is 41.0 Å². The number of ether oxygens (including phenoxy) is 3. The molecular weight excluding hydrogens is 256 g/mol. The van der Waals surface area contributed by atoms with Crippen LogP contribution in [0.1, 0.15) is 12.5 Å². The molecule has 0 heterocycles. The number of hydrogen-bond acceptors (Lipinski definition) is 5. The molecule has 20 heavy (non-hydrogen) atoms. The first-order chi connectivity index (χ1) is 9.71. The van der Waals surface area contributed by atoms with Gasteiger partial charge in [0.25, 0.3) is 0 Å². The fourth-order valence-corrected chi connectivity index (χ4v) is 1.87. The van der Waals surface area contributed by atoms with Gasteiger partial charge in [-0.3, -0.25) is 0 Å². The monoisotopic (exact) mass is 282 g/mol. The summed E-state index contributed by atoms with van der Waals surface area (Å²) in [6.45, 7) is 5.39. The van der Waals surface area contributed by atoms with E-state index in [4.69, 9.17) is 14.2 Å². The summed E-state index contributed by atoms with van der Waals surface area (Å²) in [6.07, 6.45) is 0. The van der Waals surface area contributed by atoms with Gasteiger partial charge in [0.1, 0.15) is 11.5 Å². The fraction of sp³-hybridized carbons (Fsp3) is 0.600. The third kappa shape index (κ3) is 5.77. The molecule has 0 bridgehead atoms. The highest BCUT2D eigenvalue weighted by atomic mass is 16.5. The van der Waals surface area contributed by atoms with Gasteiger partial charge in [-0.15, -0.1) is 0 Å². The summed E-state index contributed by atoms with van der Waals surface area (Å²) < 4.78 is 15.6. The van der Waals surface area contributed by atoms with Crippen LogP contribution in [0, 0.1) is 0 Å². The summed E-state index contributed by atoms with van der Waals surface area (Å²) in [5.41, 5.74) is 1.09. The number of nitrogens with one attached hydrogen (secondary N) is 2. The maximum absolute atomic E-state index is 5.36. The highest BCUT2D eigenvalue weighted by Crippen LogP contribution is 2.23. The first-order valence-electron chi connectivity index (χ1n) is 6.85. The van der Waals surface area contributed by atoms with E-state index in [1.54, 1.807) is 21.3 Å². The molecule has 2 N–H and O–H groups in total. The highest BCUT2D eigenvalue weighted by Gasteiger charge is 2.07. The van der Waals surface area contributed by atoms with E-state index in [-0.39, 0.29) is 0 Å². The van der Waals surface area contributed by atoms with Crippen molar-refractivity contribution in [2.24, 2.45) is 0 Å². The van der Waals surface area contributed by atoms with Crippen molar-refractivity contribution >= 4 is 0 Å². The number of methoxy groups -OCH3 is 3. The molecule has 1 aromatic rings. The van der Waals surface area contributed by atoms with Crippen LogP contribution in [0.4, 0.5) is 0 Å². The molecule has 0 saturated heterocycles. The SMILES string of the molecule is COCCNCC(C)NCc1cc(OC)ccc1OC. The van der Waals surface area contributed by atoms with E-state index >= 15 is 0 Å². The van der Waals surface area contributed by atoms with Crippen molar-refractivity contribution in [3.05, 3.63) is 23.8 Å². The summed E-state index contributed by atoms with van der Waals surface area (Å²) in [5, 5.41) is 6.79. The average Bonchev–Trinajstić information content (AvgIpc) is 2.49. The zero-order chi connectivity index (χ0) is 14.8. The van der Waals surface area contributed by atoms with Crippen LogP contribution in [0.3, 0.4) is 0 Å². The fourth-order valence-electron chi connectivity index (χ4n) is 1.87. The molecule has 0 spiro atoms. The van der Waals surface area contributed by atoms with Gasteiger partial charge >= 0.3 is 0 Å². The number of benzene rings is 1. The highest BCUT2D eigenvalue weighted by molar-refractivity contribution is 5.40. The molecule has 0 amide bonds. The van der Waals surface area contributed by atoms with Crippen molar-refractivity contribution in [1.82, 2.24) is 10.6 Å².